The highest BCUT2D eigenvalue weighted by Crippen LogP contribution is 2.08. The van der Waals surface area contributed by atoms with Crippen molar-refractivity contribution in [2.45, 2.75) is 20.4 Å². The number of carbonyl (C=O) groups is 1. The number of hydrogen-bond acceptors (Lipinski definition) is 2. The Balaban J connectivity index is 2.66. The van der Waals surface area contributed by atoms with Gasteiger partial charge in [-0.2, -0.15) is 0 Å². The molecule has 0 N–H and O–H groups in total. The molecule has 1 aromatic rings. The SMILES string of the molecule is COCCN(Cc1ccccc1)C(=O)C(C)C. The van der Waals surface area contributed by atoms with Crippen LogP contribution in [0.3, 0.4) is 0 Å². The maximum Gasteiger partial charge on any atom is 0.225 e. The summed E-state index contributed by atoms with van der Waals surface area (Å²) in [5, 5.41) is 0. The minimum Gasteiger partial charge on any atom is -0.383 e. The lowest BCUT2D eigenvalue weighted by molar-refractivity contribution is -0.135. The molecular formula is C14H21NO2. The second-order valence-corrected chi connectivity index (χ2v) is 4.39. The van der Waals surface area contributed by atoms with Crippen LogP contribution in [0.5, 0.6) is 0 Å². The third-order valence-electron chi connectivity index (χ3n) is 2.59. The molecule has 1 rings (SSSR count). The van der Waals surface area contributed by atoms with Gasteiger partial charge in [0.15, 0.2) is 0 Å². The van der Waals surface area contributed by atoms with Crippen molar-refractivity contribution in [1.82, 2.24) is 4.90 Å². The van der Waals surface area contributed by atoms with Crippen LogP contribution in [-0.2, 0) is 16.1 Å². The zero-order chi connectivity index (χ0) is 12.7. The molecule has 0 aliphatic carbocycles. The van der Waals surface area contributed by atoms with Gasteiger partial charge >= 0.3 is 0 Å². The van der Waals surface area contributed by atoms with Crippen LogP contribution in [0.2, 0.25) is 0 Å². The minimum absolute atomic E-state index is 0.0237. The van der Waals surface area contributed by atoms with E-state index in [0.29, 0.717) is 19.7 Å². The lowest BCUT2D eigenvalue weighted by Gasteiger charge is -2.24. The maximum absolute atomic E-state index is 12.0. The highest BCUT2D eigenvalue weighted by atomic mass is 16.5. The average Bonchev–Trinajstić information content (AvgIpc) is 2.34. The molecule has 1 aromatic carbocycles. The standard InChI is InChI=1S/C14H21NO2/c1-12(2)14(16)15(9-10-17-3)11-13-7-5-4-6-8-13/h4-8,12H,9-11H2,1-3H3. The van der Waals surface area contributed by atoms with E-state index in [4.69, 9.17) is 4.74 Å². The van der Waals surface area contributed by atoms with Crippen LogP contribution in [0.4, 0.5) is 0 Å². The van der Waals surface area contributed by atoms with Crippen LogP contribution in [0.15, 0.2) is 30.3 Å². The second kappa shape index (κ2) is 7.07. The van der Waals surface area contributed by atoms with Crippen molar-refractivity contribution in [2.75, 3.05) is 20.3 Å². The fourth-order valence-electron chi connectivity index (χ4n) is 1.64. The molecule has 0 spiro atoms. The Hall–Kier alpha value is -1.35. The fourth-order valence-corrected chi connectivity index (χ4v) is 1.64. The molecule has 0 aromatic heterocycles. The Morgan fingerprint density at radius 1 is 1.29 bits per heavy atom. The minimum atomic E-state index is 0.0237. The fraction of sp³-hybridized carbons (Fsp3) is 0.500. The van der Waals surface area contributed by atoms with Crippen molar-refractivity contribution in [3.05, 3.63) is 35.9 Å². The van der Waals surface area contributed by atoms with E-state index in [2.05, 4.69) is 0 Å². The van der Waals surface area contributed by atoms with Crippen LogP contribution in [0.1, 0.15) is 19.4 Å². The summed E-state index contributed by atoms with van der Waals surface area (Å²) >= 11 is 0. The summed E-state index contributed by atoms with van der Waals surface area (Å²) in [5.41, 5.74) is 1.15. The van der Waals surface area contributed by atoms with Crippen molar-refractivity contribution < 1.29 is 9.53 Å². The number of ether oxygens (including phenoxy) is 1. The molecule has 0 heterocycles. The molecule has 0 aliphatic rings. The molecule has 0 aliphatic heterocycles. The monoisotopic (exact) mass is 235 g/mol. The number of rotatable bonds is 6. The van der Waals surface area contributed by atoms with Crippen LogP contribution in [0, 0.1) is 5.92 Å². The molecule has 0 radical (unpaired) electrons. The zero-order valence-electron chi connectivity index (χ0n) is 10.8. The number of methoxy groups -OCH3 is 1. The molecule has 3 nitrogen and oxygen atoms in total. The maximum atomic E-state index is 12.0. The van der Waals surface area contributed by atoms with Gasteiger partial charge in [-0.05, 0) is 5.56 Å². The Labute approximate surface area is 103 Å². The first-order valence-corrected chi connectivity index (χ1v) is 5.96. The van der Waals surface area contributed by atoms with E-state index in [1.54, 1.807) is 7.11 Å². The highest BCUT2D eigenvalue weighted by molar-refractivity contribution is 5.78. The van der Waals surface area contributed by atoms with Crippen molar-refractivity contribution >= 4 is 5.91 Å². The largest absolute Gasteiger partial charge is 0.383 e. The van der Waals surface area contributed by atoms with Gasteiger partial charge in [0, 0.05) is 26.1 Å². The summed E-state index contributed by atoms with van der Waals surface area (Å²) in [6.45, 7) is 5.72. The lowest BCUT2D eigenvalue weighted by atomic mass is 10.1. The molecule has 0 atom stereocenters. The first kappa shape index (κ1) is 13.7. The van der Waals surface area contributed by atoms with Gasteiger partial charge in [-0.1, -0.05) is 44.2 Å². The third kappa shape index (κ3) is 4.57. The van der Waals surface area contributed by atoms with Gasteiger partial charge in [0.1, 0.15) is 0 Å². The van der Waals surface area contributed by atoms with Gasteiger partial charge in [-0.15, -0.1) is 0 Å². The van der Waals surface area contributed by atoms with E-state index >= 15 is 0 Å². The molecule has 3 heteroatoms. The van der Waals surface area contributed by atoms with Crippen LogP contribution in [-0.4, -0.2) is 31.1 Å². The molecule has 0 bridgehead atoms. The first-order valence-electron chi connectivity index (χ1n) is 5.96. The summed E-state index contributed by atoms with van der Waals surface area (Å²) < 4.78 is 5.05. The molecule has 0 unspecified atom stereocenters. The second-order valence-electron chi connectivity index (χ2n) is 4.39. The predicted octanol–water partition coefficient (Wildman–Crippen LogP) is 2.32. The highest BCUT2D eigenvalue weighted by Gasteiger charge is 2.16. The number of hydrogen-bond donors (Lipinski definition) is 0. The van der Waals surface area contributed by atoms with Crippen molar-refractivity contribution in [2.24, 2.45) is 5.92 Å². The number of benzene rings is 1. The Morgan fingerprint density at radius 3 is 2.47 bits per heavy atom. The summed E-state index contributed by atoms with van der Waals surface area (Å²) in [4.78, 5) is 13.9. The summed E-state index contributed by atoms with van der Waals surface area (Å²) in [6.07, 6.45) is 0. The van der Waals surface area contributed by atoms with Crippen LogP contribution < -0.4 is 0 Å². The van der Waals surface area contributed by atoms with Crippen molar-refractivity contribution in [3.63, 3.8) is 0 Å². The van der Waals surface area contributed by atoms with Gasteiger partial charge in [0.2, 0.25) is 5.91 Å². The zero-order valence-corrected chi connectivity index (χ0v) is 10.8. The molecular weight excluding hydrogens is 214 g/mol. The number of carbonyl (C=O) groups excluding carboxylic acids is 1. The third-order valence-corrected chi connectivity index (χ3v) is 2.59. The molecule has 0 fully saturated rings. The van der Waals surface area contributed by atoms with E-state index < -0.39 is 0 Å². The van der Waals surface area contributed by atoms with E-state index in [-0.39, 0.29) is 11.8 Å². The Bertz CT molecular complexity index is 335. The van der Waals surface area contributed by atoms with Crippen molar-refractivity contribution in [1.29, 1.82) is 0 Å². The topological polar surface area (TPSA) is 29.5 Å². The van der Waals surface area contributed by atoms with Gasteiger partial charge in [0.05, 0.1) is 6.61 Å². The first-order chi connectivity index (χ1) is 8.15. The van der Waals surface area contributed by atoms with Crippen LogP contribution >= 0.6 is 0 Å². The Morgan fingerprint density at radius 2 is 1.94 bits per heavy atom. The molecule has 0 saturated heterocycles. The Kier molecular flexibility index (Phi) is 5.70. The van der Waals surface area contributed by atoms with E-state index in [1.807, 2.05) is 49.1 Å². The van der Waals surface area contributed by atoms with Gasteiger partial charge in [-0.3, -0.25) is 4.79 Å². The van der Waals surface area contributed by atoms with E-state index in [0.717, 1.165) is 5.56 Å². The lowest BCUT2D eigenvalue weighted by Crippen LogP contribution is -2.36. The molecule has 94 valence electrons. The normalized spacial score (nSPS) is 10.6. The predicted molar refractivity (Wildman–Crippen MR) is 68.6 cm³/mol. The summed E-state index contributed by atoms with van der Waals surface area (Å²) in [7, 11) is 1.65. The summed E-state index contributed by atoms with van der Waals surface area (Å²) in [5.74, 6) is 0.196. The molecule has 17 heavy (non-hydrogen) atoms. The average molecular weight is 235 g/mol. The van der Waals surface area contributed by atoms with E-state index in [1.165, 1.54) is 0 Å². The van der Waals surface area contributed by atoms with Gasteiger partial charge < -0.3 is 9.64 Å². The number of amides is 1. The smallest absolute Gasteiger partial charge is 0.225 e. The molecule has 1 amide bonds. The van der Waals surface area contributed by atoms with Crippen LogP contribution in [0.25, 0.3) is 0 Å². The van der Waals surface area contributed by atoms with E-state index in [9.17, 15) is 4.79 Å². The van der Waals surface area contributed by atoms with Crippen molar-refractivity contribution in [3.8, 4) is 0 Å². The molecule has 0 saturated carbocycles. The quantitative estimate of drug-likeness (QED) is 0.757. The van der Waals surface area contributed by atoms with Gasteiger partial charge in [0.25, 0.3) is 0 Å². The number of nitrogens with zero attached hydrogens (tertiary/aromatic N) is 1. The van der Waals surface area contributed by atoms with Gasteiger partial charge in [-0.25, -0.2) is 0 Å². The summed E-state index contributed by atoms with van der Waals surface area (Å²) in [6, 6.07) is 10.0.